The fourth-order valence-corrected chi connectivity index (χ4v) is 3.46. The second kappa shape index (κ2) is 16.5. The number of nitrogens with one attached hydrogen (secondary N) is 4. The number of carbonyl (C=O) groups excluding carboxylic acids is 2. The molecule has 0 aliphatic rings. The Morgan fingerprint density at radius 3 is 1.41 bits per heavy atom. The van der Waals surface area contributed by atoms with Crippen LogP contribution in [-0.4, -0.2) is 61.3 Å². The number of hydrogen-bond acceptors (Lipinski definition) is 6. The summed E-state index contributed by atoms with van der Waals surface area (Å²) in [6.45, 7) is 4.89. The lowest BCUT2D eigenvalue weighted by atomic mass is 10.1. The molecule has 2 aromatic rings. The molecule has 0 aliphatic heterocycles. The second-order valence-corrected chi connectivity index (χ2v) is 8.31. The molecule has 0 saturated heterocycles. The molecule has 0 atom stereocenters. The minimum atomic E-state index is -0.0345. The number of unbranched alkanes of at least 4 members (excludes halogenated alkanes) is 1. The first kappa shape index (κ1) is 27.1. The van der Waals surface area contributed by atoms with Crippen LogP contribution in [0.2, 0.25) is 0 Å². The van der Waals surface area contributed by atoms with Gasteiger partial charge in [-0.15, -0.1) is 0 Å². The quantitative estimate of drug-likeness (QED) is 0.196. The highest BCUT2D eigenvalue weighted by molar-refractivity contribution is 5.79. The van der Waals surface area contributed by atoms with E-state index in [9.17, 15) is 19.8 Å². The van der Waals surface area contributed by atoms with Crippen LogP contribution < -0.4 is 21.3 Å². The summed E-state index contributed by atoms with van der Waals surface area (Å²) in [7, 11) is 0. The van der Waals surface area contributed by atoms with Gasteiger partial charge in [-0.2, -0.15) is 0 Å². The van der Waals surface area contributed by atoms with Crippen LogP contribution in [0.1, 0.15) is 36.8 Å². The van der Waals surface area contributed by atoms with E-state index in [0.29, 0.717) is 13.1 Å². The maximum atomic E-state index is 11.9. The Labute approximate surface area is 202 Å². The van der Waals surface area contributed by atoms with Gasteiger partial charge < -0.3 is 31.5 Å². The SMILES string of the molecule is O=C(Cc1cccc(O)c1)NCCCNCCCCNCCCNC(=O)Cc1cccc(O)c1. The van der Waals surface area contributed by atoms with Crippen molar-refractivity contribution < 1.29 is 19.8 Å². The first-order valence-electron chi connectivity index (χ1n) is 12.0. The molecule has 34 heavy (non-hydrogen) atoms. The van der Waals surface area contributed by atoms with Gasteiger partial charge in [-0.05, 0) is 87.3 Å². The molecule has 2 amide bonds. The molecule has 0 fully saturated rings. The Bertz CT molecular complexity index is 804. The van der Waals surface area contributed by atoms with Gasteiger partial charge >= 0.3 is 0 Å². The topological polar surface area (TPSA) is 123 Å². The van der Waals surface area contributed by atoms with E-state index in [-0.39, 0.29) is 36.2 Å². The van der Waals surface area contributed by atoms with Gasteiger partial charge in [0.1, 0.15) is 11.5 Å². The maximum absolute atomic E-state index is 11.9. The second-order valence-electron chi connectivity index (χ2n) is 8.31. The van der Waals surface area contributed by atoms with Gasteiger partial charge in [0.2, 0.25) is 11.8 Å². The van der Waals surface area contributed by atoms with Crippen molar-refractivity contribution in [3.8, 4) is 11.5 Å². The Morgan fingerprint density at radius 2 is 1.00 bits per heavy atom. The van der Waals surface area contributed by atoms with Crippen LogP contribution in [0.5, 0.6) is 11.5 Å². The average Bonchev–Trinajstić information content (AvgIpc) is 2.79. The fraction of sp³-hybridized carbons (Fsp3) is 0.462. The van der Waals surface area contributed by atoms with Crippen molar-refractivity contribution in [1.29, 1.82) is 0 Å². The van der Waals surface area contributed by atoms with Crippen molar-refractivity contribution in [1.82, 2.24) is 21.3 Å². The number of hydrogen-bond donors (Lipinski definition) is 6. The number of amides is 2. The predicted molar refractivity (Wildman–Crippen MR) is 134 cm³/mol. The van der Waals surface area contributed by atoms with E-state index in [1.54, 1.807) is 36.4 Å². The van der Waals surface area contributed by atoms with E-state index in [2.05, 4.69) is 21.3 Å². The third-order valence-corrected chi connectivity index (χ3v) is 5.21. The van der Waals surface area contributed by atoms with Gasteiger partial charge in [0.25, 0.3) is 0 Å². The molecule has 0 aromatic heterocycles. The van der Waals surface area contributed by atoms with Crippen molar-refractivity contribution >= 4 is 11.8 Å². The van der Waals surface area contributed by atoms with Gasteiger partial charge in [-0.3, -0.25) is 9.59 Å². The number of aromatic hydroxyl groups is 2. The van der Waals surface area contributed by atoms with Gasteiger partial charge in [-0.25, -0.2) is 0 Å². The number of phenolic OH excluding ortho intramolecular Hbond substituents is 2. The number of rotatable bonds is 17. The summed E-state index contributed by atoms with van der Waals surface area (Å²) in [6.07, 6.45) is 4.47. The van der Waals surface area contributed by atoms with Crippen LogP contribution >= 0.6 is 0 Å². The summed E-state index contributed by atoms with van der Waals surface area (Å²) in [6, 6.07) is 13.5. The molecule has 2 rings (SSSR count). The van der Waals surface area contributed by atoms with E-state index in [4.69, 9.17) is 0 Å². The number of benzene rings is 2. The maximum Gasteiger partial charge on any atom is 0.224 e. The smallest absolute Gasteiger partial charge is 0.224 e. The van der Waals surface area contributed by atoms with E-state index < -0.39 is 0 Å². The molecule has 0 saturated carbocycles. The minimum absolute atomic E-state index is 0.0345. The van der Waals surface area contributed by atoms with Crippen LogP contribution in [0.3, 0.4) is 0 Å². The molecule has 0 aliphatic carbocycles. The lowest BCUT2D eigenvalue weighted by Gasteiger charge is -2.08. The third-order valence-electron chi connectivity index (χ3n) is 5.21. The van der Waals surface area contributed by atoms with Gasteiger partial charge in [-0.1, -0.05) is 24.3 Å². The first-order valence-corrected chi connectivity index (χ1v) is 12.0. The van der Waals surface area contributed by atoms with Crippen molar-refractivity contribution in [2.24, 2.45) is 0 Å². The summed E-state index contributed by atoms with van der Waals surface area (Å²) >= 11 is 0. The van der Waals surface area contributed by atoms with Crippen molar-refractivity contribution in [2.75, 3.05) is 39.3 Å². The van der Waals surface area contributed by atoms with Crippen LogP contribution in [0.4, 0.5) is 0 Å². The zero-order valence-corrected chi connectivity index (χ0v) is 19.8. The molecular formula is C26H38N4O4. The Hall–Kier alpha value is -3.10. The lowest BCUT2D eigenvalue weighted by molar-refractivity contribution is -0.121. The normalized spacial score (nSPS) is 10.7. The number of phenols is 2. The van der Waals surface area contributed by atoms with E-state index >= 15 is 0 Å². The fourth-order valence-electron chi connectivity index (χ4n) is 3.46. The van der Waals surface area contributed by atoms with Crippen LogP contribution in [0.15, 0.2) is 48.5 Å². The molecule has 8 nitrogen and oxygen atoms in total. The summed E-state index contributed by atoms with van der Waals surface area (Å²) in [5.41, 5.74) is 1.61. The van der Waals surface area contributed by atoms with Crippen molar-refractivity contribution in [3.63, 3.8) is 0 Å². The van der Waals surface area contributed by atoms with Crippen LogP contribution in [0, 0.1) is 0 Å². The van der Waals surface area contributed by atoms with E-state index in [0.717, 1.165) is 63.0 Å². The van der Waals surface area contributed by atoms with E-state index in [1.165, 1.54) is 0 Å². The molecule has 2 aromatic carbocycles. The monoisotopic (exact) mass is 470 g/mol. The summed E-state index contributed by atoms with van der Waals surface area (Å²) in [5, 5.41) is 31.4. The van der Waals surface area contributed by atoms with Gasteiger partial charge in [0.15, 0.2) is 0 Å². The Kier molecular flexibility index (Phi) is 13.2. The summed E-state index contributed by atoms with van der Waals surface area (Å²) < 4.78 is 0. The largest absolute Gasteiger partial charge is 0.508 e. The number of carbonyl (C=O) groups is 2. The molecule has 0 unspecified atom stereocenters. The van der Waals surface area contributed by atoms with E-state index in [1.807, 2.05) is 12.1 Å². The van der Waals surface area contributed by atoms with Crippen molar-refractivity contribution in [3.05, 3.63) is 59.7 Å². The molecule has 6 N–H and O–H groups in total. The molecule has 0 heterocycles. The van der Waals surface area contributed by atoms with Gasteiger partial charge in [0.05, 0.1) is 12.8 Å². The molecular weight excluding hydrogens is 432 g/mol. The lowest BCUT2D eigenvalue weighted by Crippen LogP contribution is -2.29. The standard InChI is InChI=1S/C26H38N4O4/c31-23-9-3-7-21(17-23)19-25(33)29-15-5-13-27-11-1-2-12-28-14-6-16-30-26(34)20-22-8-4-10-24(32)18-22/h3-4,7-10,17-18,27-28,31-32H,1-2,5-6,11-16,19-20H2,(H,29,33)(H,30,34). The molecule has 0 radical (unpaired) electrons. The molecule has 0 bridgehead atoms. The van der Waals surface area contributed by atoms with Crippen LogP contribution in [0.25, 0.3) is 0 Å². The zero-order valence-electron chi connectivity index (χ0n) is 19.8. The predicted octanol–water partition coefficient (Wildman–Crippen LogP) is 1.86. The van der Waals surface area contributed by atoms with Crippen LogP contribution in [-0.2, 0) is 22.4 Å². The zero-order chi connectivity index (χ0) is 24.4. The highest BCUT2D eigenvalue weighted by Crippen LogP contribution is 2.12. The highest BCUT2D eigenvalue weighted by Gasteiger charge is 2.04. The first-order chi connectivity index (χ1) is 16.5. The minimum Gasteiger partial charge on any atom is -0.508 e. The Morgan fingerprint density at radius 1 is 0.588 bits per heavy atom. The Balaban J connectivity index is 1.32. The highest BCUT2D eigenvalue weighted by atomic mass is 16.3. The molecule has 0 spiro atoms. The third kappa shape index (κ3) is 12.8. The van der Waals surface area contributed by atoms with Gasteiger partial charge in [0, 0.05) is 13.1 Å². The van der Waals surface area contributed by atoms with Crippen molar-refractivity contribution in [2.45, 2.75) is 38.5 Å². The average molecular weight is 471 g/mol. The molecule has 186 valence electrons. The summed E-state index contributed by atoms with van der Waals surface area (Å²) in [5.74, 6) is 0.284. The summed E-state index contributed by atoms with van der Waals surface area (Å²) in [4.78, 5) is 23.8. The molecule has 8 heteroatoms.